The van der Waals surface area contributed by atoms with Crippen LogP contribution >= 0.6 is 12.6 Å². The maximum Gasteiger partial charge on any atom is 0.255 e. The number of carbonyl (C=O) groups is 2. The molecule has 0 saturated heterocycles. The Morgan fingerprint density at radius 1 is 1.07 bits per heavy atom. The summed E-state index contributed by atoms with van der Waals surface area (Å²) in [4.78, 5) is 27.6. The van der Waals surface area contributed by atoms with Gasteiger partial charge in [0.1, 0.15) is 0 Å². The predicted molar refractivity (Wildman–Crippen MR) is 115 cm³/mol. The second-order valence-corrected chi connectivity index (χ2v) is 6.50. The van der Waals surface area contributed by atoms with Gasteiger partial charge in [-0.15, -0.1) is 12.6 Å². The zero-order valence-electron chi connectivity index (χ0n) is 15.0. The maximum atomic E-state index is 12.6. The van der Waals surface area contributed by atoms with E-state index in [0.717, 1.165) is 22.3 Å². The van der Waals surface area contributed by atoms with E-state index >= 15 is 0 Å². The summed E-state index contributed by atoms with van der Waals surface area (Å²) in [6.45, 7) is 0.344. The van der Waals surface area contributed by atoms with Crippen molar-refractivity contribution in [1.82, 2.24) is 4.98 Å². The molecular weight excluding hydrogens is 370 g/mol. The van der Waals surface area contributed by atoms with Crippen LogP contribution in [0.5, 0.6) is 0 Å². The molecule has 1 heterocycles. The van der Waals surface area contributed by atoms with Gasteiger partial charge in [-0.3, -0.25) is 14.6 Å². The minimum Gasteiger partial charge on any atom is -0.326 e. The summed E-state index contributed by atoms with van der Waals surface area (Å²) in [7, 11) is 0. The minimum atomic E-state index is -0.317. The summed E-state index contributed by atoms with van der Waals surface area (Å²) in [5.41, 5.74) is 10.7. The monoisotopic (exact) mass is 389 g/mol. The third-order valence-corrected chi connectivity index (χ3v) is 4.30. The van der Waals surface area contributed by atoms with Gasteiger partial charge in [0.25, 0.3) is 5.91 Å². The predicted octanol–water partition coefficient (Wildman–Crippen LogP) is 3.93. The normalized spacial score (nSPS) is 10.8. The molecule has 0 aliphatic carbocycles. The first-order valence-electron chi connectivity index (χ1n) is 8.62. The van der Waals surface area contributed by atoms with Crippen molar-refractivity contribution in [2.24, 2.45) is 5.73 Å². The Bertz CT molecular complexity index is 1030. The van der Waals surface area contributed by atoms with Gasteiger partial charge in [-0.1, -0.05) is 30.3 Å². The molecule has 0 fully saturated rings. The van der Waals surface area contributed by atoms with Crippen molar-refractivity contribution in [3.8, 4) is 11.1 Å². The van der Waals surface area contributed by atoms with E-state index < -0.39 is 0 Å². The van der Waals surface area contributed by atoms with Crippen LogP contribution in [0.2, 0.25) is 0 Å². The number of hydrogen-bond donors (Lipinski definition) is 3. The largest absolute Gasteiger partial charge is 0.326 e. The molecule has 3 aromatic rings. The molecule has 1 aromatic heterocycles. The Kier molecular flexibility index (Phi) is 6.37. The lowest BCUT2D eigenvalue weighted by molar-refractivity contribution is -0.106. The standard InChI is InChI=1S/C22H19N3O2S/c23-14-18-6-5-17(22(27)25-19-8-10-24-11-9-19)13-20(18)16-3-1-2-15(12-16)4-7-21(26)28/h1-13H,14,23H2,(H,26,28)(H,24,25,27)/b7-4+. The van der Waals surface area contributed by atoms with Crippen LogP contribution in [0.1, 0.15) is 21.5 Å². The fourth-order valence-electron chi connectivity index (χ4n) is 2.78. The van der Waals surface area contributed by atoms with Gasteiger partial charge < -0.3 is 11.1 Å². The van der Waals surface area contributed by atoms with Crippen molar-refractivity contribution in [3.05, 3.63) is 89.8 Å². The first-order valence-corrected chi connectivity index (χ1v) is 9.07. The molecule has 3 rings (SSSR count). The summed E-state index contributed by atoms with van der Waals surface area (Å²) in [6, 6.07) is 16.6. The van der Waals surface area contributed by atoms with Crippen molar-refractivity contribution >= 4 is 35.4 Å². The highest BCUT2D eigenvalue weighted by molar-refractivity contribution is 7.97. The van der Waals surface area contributed by atoms with E-state index in [2.05, 4.69) is 22.9 Å². The van der Waals surface area contributed by atoms with Crippen LogP contribution in [0, 0.1) is 0 Å². The van der Waals surface area contributed by atoms with E-state index in [0.29, 0.717) is 17.8 Å². The van der Waals surface area contributed by atoms with Crippen LogP contribution in [0.4, 0.5) is 5.69 Å². The van der Waals surface area contributed by atoms with E-state index in [1.54, 1.807) is 36.7 Å². The van der Waals surface area contributed by atoms with Gasteiger partial charge in [-0.25, -0.2) is 0 Å². The third kappa shape index (κ3) is 4.94. The summed E-state index contributed by atoms with van der Waals surface area (Å²) in [5.74, 6) is -0.215. The number of nitrogens with two attached hydrogens (primary N) is 1. The summed E-state index contributed by atoms with van der Waals surface area (Å²) < 4.78 is 0. The van der Waals surface area contributed by atoms with Crippen molar-refractivity contribution in [2.75, 3.05) is 5.32 Å². The number of nitrogens with one attached hydrogen (secondary N) is 1. The van der Waals surface area contributed by atoms with Crippen LogP contribution in [-0.4, -0.2) is 16.0 Å². The van der Waals surface area contributed by atoms with E-state index in [9.17, 15) is 9.59 Å². The van der Waals surface area contributed by atoms with Gasteiger partial charge in [0.2, 0.25) is 5.12 Å². The molecule has 5 nitrogen and oxygen atoms in total. The molecule has 0 unspecified atom stereocenters. The molecule has 0 spiro atoms. The molecule has 2 aromatic carbocycles. The van der Waals surface area contributed by atoms with Gasteiger partial charge in [0.15, 0.2) is 0 Å². The van der Waals surface area contributed by atoms with Gasteiger partial charge in [-0.2, -0.15) is 0 Å². The lowest BCUT2D eigenvalue weighted by Gasteiger charge is -2.12. The number of anilines is 1. The number of amides is 1. The molecule has 6 heteroatoms. The SMILES string of the molecule is NCc1ccc(C(=O)Nc2ccncc2)cc1-c1cccc(/C=C/C(=O)S)c1. The zero-order chi connectivity index (χ0) is 19.9. The number of hydrogen-bond acceptors (Lipinski definition) is 4. The summed E-state index contributed by atoms with van der Waals surface area (Å²) in [6.07, 6.45) is 6.33. The lowest BCUT2D eigenvalue weighted by atomic mass is 9.95. The number of carbonyl (C=O) groups excluding carboxylic acids is 2. The van der Waals surface area contributed by atoms with Crippen LogP contribution < -0.4 is 11.1 Å². The second-order valence-electron chi connectivity index (χ2n) is 6.06. The number of nitrogens with zero attached hydrogens (tertiary/aromatic N) is 1. The molecule has 3 N–H and O–H groups in total. The molecular formula is C22H19N3O2S. The average molecular weight is 389 g/mol. The number of benzene rings is 2. The smallest absolute Gasteiger partial charge is 0.255 e. The first kappa shape index (κ1) is 19.5. The molecule has 140 valence electrons. The second kappa shape index (κ2) is 9.12. The highest BCUT2D eigenvalue weighted by atomic mass is 32.1. The number of rotatable bonds is 6. The van der Waals surface area contributed by atoms with E-state index in [1.807, 2.05) is 36.4 Å². The number of aromatic nitrogens is 1. The summed E-state index contributed by atoms with van der Waals surface area (Å²) >= 11 is 3.74. The Balaban J connectivity index is 1.94. The molecule has 1 amide bonds. The fourth-order valence-corrected chi connectivity index (χ4v) is 2.85. The molecule has 0 radical (unpaired) electrons. The molecule has 0 saturated carbocycles. The quantitative estimate of drug-likeness (QED) is 0.440. The summed E-state index contributed by atoms with van der Waals surface area (Å²) in [5, 5.41) is 2.53. The number of pyridine rings is 1. The number of thiol groups is 1. The Morgan fingerprint density at radius 2 is 1.86 bits per heavy atom. The van der Waals surface area contributed by atoms with E-state index in [1.165, 1.54) is 6.08 Å². The van der Waals surface area contributed by atoms with Crippen molar-refractivity contribution < 1.29 is 9.59 Å². The Labute approximate surface area is 168 Å². The highest BCUT2D eigenvalue weighted by Crippen LogP contribution is 2.27. The maximum absolute atomic E-state index is 12.6. The van der Waals surface area contributed by atoms with Crippen molar-refractivity contribution in [2.45, 2.75) is 6.54 Å². The van der Waals surface area contributed by atoms with Crippen LogP contribution in [0.25, 0.3) is 17.2 Å². The Morgan fingerprint density at radius 3 is 2.57 bits per heavy atom. The van der Waals surface area contributed by atoms with Gasteiger partial charge in [0.05, 0.1) is 0 Å². The lowest BCUT2D eigenvalue weighted by Crippen LogP contribution is -2.12. The topological polar surface area (TPSA) is 85.1 Å². The van der Waals surface area contributed by atoms with Crippen LogP contribution in [0.15, 0.2) is 73.1 Å². The molecule has 0 atom stereocenters. The third-order valence-electron chi connectivity index (χ3n) is 4.15. The zero-order valence-corrected chi connectivity index (χ0v) is 15.9. The molecule has 0 aliphatic rings. The highest BCUT2D eigenvalue weighted by Gasteiger charge is 2.11. The van der Waals surface area contributed by atoms with Crippen molar-refractivity contribution in [1.29, 1.82) is 0 Å². The molecule has 28 heavy (non-hydrogen) atoms. The van der Waals surface area contributed by atoms with Gasteiger partial charge >= 0.3 is 0 Å². The van der Waals surface area contributed by atoms with Crippen molar-refractivity contribution in [3.63, 3.8) is 0 Å². The van der Waals surface area contributed by atoms with Gasteiger partial charge in [-0.05, 0) is 58.7 Å². The van der Waals surface area contributed by atoms with Gasteiger partial charge in [0, 0.05) is 30.2 Å². The molecule has 0 bridgehead atoms. The molecule has 0 aliphatic heterocycles. The van der Waals surface area contributed by atoms with Crippen LogP contribution in [-0.2, 0) is 11.3 Å². The van der Waals surface area contributed by atoms with E-state index in [-0.39, 0.29) is 11.0 Å². The van der Waals surface area contributed by atoms with E-state index in [4.69, 9.17) is 5.73 Å². The first-order chi connectivity index (χ1) is 13.6. The van der Waals surface area contributed by atoms with Crippen LogP contribution in [0.3, 0.4) is 0 Å². The minimum absolute atomic E-state index is 0.215. The Hall–Kier alpha value is -3.22. The average Bonchev–Trinajstić information content (AvgIpc) is 2.72. The fraction of sp³-hybridized carbons (Fsp3) is 0.0455.